The monoisotopic (exact) mass is 313 g/mol. The van der Waals surface area contributed by atoms with Gasteiger partial charge in [0.05, 0.1) is 22.8 Å². The molecule has 0 bridgehead atoms. The summed E-state index contributed by atoms with van der Waals surface area (Å²) in [6.07, 6.45) is 1.03. The number of carboxylic acid groups (broad SMARTS) is 1. The van der Waals surface area contributed by atoms with E-state index in [1.807, 2.05) is 0 Å². The van der Waals surface area contributed by atoms with Crippen molar-refractivity contribution in [2.24, 2.45) is 5.41 Å². The first-order chi connectivity index (χ1) is 9.71. The first kappa shape index (κ1) is 15.4. The van der Waals surface area contributed by atoms with Gasteiger partial charge in [0.25, 0.3) is 5.69 Å². The molecule has 2 rings (SSSR count). The van der Waals surface area contributed by atoms with Crippen LogP contribution < -0.4 is 0 Å². The Balaban J connectivity index is 2.09. The molecular formula is C13H15NO6S. The van der Waals surface area contributed by atoms with Crippen molar-refractivity contribution in [2.75, 3.05) is 5.75 Å². The summed E-state index contributed by atoms with van der Waals surface area (Å²) in [6, 6.07) is 5.48. The van der Waals surface area contributed by atoms with E-state index in [0.717, 1.165) is 0 Å². The molecule has 0 unspecified atom stereocenters. The summed E-state index contributed by atoms with van der Waals surface area (Å²) < 4.78 is 24.3. The van der Waals surface area contributed by atoms with Gasteiger partial charge in [0.15, 0.2) is 9.84 Å². The van der Waals surface area contributed by atoms with Crippen LogP contribution in [0.2, 0.25) is 0 Å². The summed E-state index contributed by atoms with van der Waals surface area (Å²) in [4.78, 5) is 20.8. The molecule has 21 heavy (non-hydrogen) atoms. The van der Waals surface area contributed by atoms with Crippen molar-refractivity contribution < 1.29 is 23.2 Å². The topological polar surface area (TPSA) is 115 Å². The van der Waals surface area contributed by atoms with Gasteiger partial charge in [-0.05, 0) is 23.8 Å². The Morgan fingerprint density at radius 1 is 1.38 bits per heavy atom. The zero-order chi connectivity index (χ0) is 15.7. The molecule has 0 aliphatic heterocycles. The fraction of sp³-hybridized carbons (Fsp3) is 0.462. The minimum atomic E-state index is -3.50. The lowest BCUT2D eigenvalue weighted by atomic mass is 10.1. The van der Waals surface area contributed by atoms with Gasteiger partial charge in [0.1, 0.15) is 0 Å². The molecule has 0 saturated heterocycles. The molecule has 1 aromatic rings. The van der Waals surface area contributed by atoms with Crippen LogP contribution in [0, 0.1) is 15.5 Å². The van der Waals surface area contributed by atoms with Crippen LogP contribution in [0.5, 0.6) is 0 Å². The Morgan fingerprint density at radius 3 is 2.57 bits per heavy atom. The number of nitro benzene ring substituents is 1. The van der Waals surface area contributed by atoms with Crippen LogP contribution in [-0.4, -0.2) is 30.2 Å². The van der Waals surface area contributed by atoms with Gasteiger partial charge in [0.2, 0.25) is 0 Å². The van der Waals surface area contributed by atoms with Gasteiger partial charge in [-0.15, -0.1) is 0 Å². The molecular weight excluding hydrogens is 298 g/mol. The summed E-state index contributed by atoms with van der Waals surface area (Å²) in [7, 11) is -3.50. The molecule has 1 aromatic carbocycles. The molecule has 1 aliphatic carbocycles. The van der Waals surface area contributed by atoms with E-state index < -0.39 is 26.1 Å². The lowest BCUT2D eigenvalue weighted by Gasteiger charge is -2.12. The SMILES string of the molecule is O=C(O)CC1(CS(=O)(=O)Cc2cccc([N+](=O)[O-])c2)CC1. The largest absolute Gasteiger partial charge is 0.481 e. The Bertz CT molecular complexity index is 678. The van der Waals surface area contributed by atoms with E-state index in [9.17, 15) is 23.3 Å². The van der Waals surface area contributed by atoms with Crippen molar-refractivity contribution in [1.29, 1.82) is 0 Å². The number of benzene rings is 1. The van der Waals surface area contributed by atoms with Gasteiger partial charge in [0, 0.05) is 12.1 Å². The van der Waals surface area contributed by atoms with Crippen molar-refractivity contribution in [3.8, 4) is 0 Å². The number of carboxylic acids is 1. The van der Waals surface area contributed by atoms with Gasteiger partial charge in [-0.3, -0.25) is 14.9 Å². The second-order valence-electron chi connectivity index (χ2n) is 5.53. The van der Waals surface area contributed by atoms with Gasteiger partial charge < -0.3 is 5.11 Å². The quantitative estimate of drug-likeness (QED) is 0.606. The maximum Gasteiger partial charge on any atom is 0.303 e. The fourth-order valence-electron chi connectivity index (χ4n) is 2.40. The second-order valence-corrected chi connectivity index (χ2v) is 7.59. The minimum Gasteiger partial charge on any atom is -0.481 e. The number of non-ortho nitro benzene ring substituents is 1. The highest BCUT2D eigenvalue weighted by atomic mass is 32.2. The van der Waals surface area contributed by atoms with E-state index in [4.69, 9.17) is 5.11 Å². The molecule has 0 radical (unpaired) electrons. The third-order valence-corrected chi connectivity index (χ3v) is 5.34. The molecule has 1 saturated carbocycles. The predicted octanol–water partition coefficient (Wildman–Crippen LogP) is 1.76. The Morgan fingerprint density at radius 2 is 2.05 bits per heavy atom. The Hall–Kier alpha value is -1.96. The molecule has 8 heteroatoms. The molecule has 7 nitrogen and oxygen atoms in total. The van der Waals surface area contributed by atoms with E-state index in [2.05, 4.69) is 0 Å². The highest BCUT2D eigenvalue weighted by Crippen LogP contribution is 2.50. The maximum absolute atomic E-state index is 12.2. The third kappa shape index (κ3) is 4.25. The lowest BCUT2D eigenvalue weighted by molar-refractivity contribution is -0.384. The number of aliphatic carboxylic acids is 1. The summed E-state index contributed by atoms with van der Waals surface area (Å²) in [6.45, 7) is 0. The highest BCUT2D eigenvalue weighted by Gasteiger charge is 2.47. The van der Waals surface area contributed by atoms with Crippen LogP contribution in [-0.2, 0) is 20.4 Å². The summed E-state index contributed by atoms with van der Waals surface area (Å²) in [5.74, 6) is -1.50. The lowest BCUT2D eigenvalue weighted by Crippen LogP contribution is -2.21. The van der Waals surface area contributed by atoms with Crippen molar-refractivity contribution in [3.05, 3.63) is 39.9 Å². The average molecular weight is 313 g/mol. The van der Waals surface area contributed by atoms with Gasteiger partial charge in [-0.1, -0.05) is 12.1 Å². The number of nitro groups is 1. The number of nitrogens with zero attached hydrogens (tertiary/aromatic N) is 1. The molecule has 0 heterocycles. The van der Waals surface area contributed by atoms with Crippen molar-refractivity contribution >= 4 is 21.5 Å². The molecule has 1 N–H and O–H groups in total. The van der Waals surface area contributed by atoms with Crippen molar-refractivity contribution in [1.82, 2.24) is 0 Å². The summed E-state index contributed by atoms with van der Waals surface area (Å²) >= 11 is 0. The number of carbonyl (C=O) groups is 1. The molecule has 0 aromatic heterocycles. The van der Waals surface area contributed by atoms with Crippen LogP contribution >= 0.6 is 0 Å². The third-order valence-electron chi connectivity index (χ3n) is 3.52. The number of hydrogen-bond donors (Lipinski definition) is 1. The van der Waals surface area contributed by atoms with E-state index in [1.165, 1.54) is 24.3 Å². The van der Waals surface area contributed by atoms with Gasteiger partial charge >= 0.3 is 5.97 Å². The van der Waals surface area contributed by atoms with Gasteiger partial charge in [-0.2, -0.15) is 0 Å². The summed E-state index contributed by atoms with van der Waals surface area (Å²) in [5, 5.41) is 19.5. The molecule has 0 spiro atoms. The molecule has 1 fully saturated rings. The van der Waals surface area contributed by atoms with Crippen LogP contribution in [0.15, 0.2) is 24.3 Å². The van der Waals surface area contributed by atoms with Crippen LogP contribution in [0.3, 0.4) is 0 Å². The Kier molecular flexibility index (Phi) is 3.99. The summed E-state index contributed by atoms with van der Waals surface area (Å²) in [5.41, 5.74) is -0.463. The first-order valence-corrected chi connectivity index (χ1v) is 8.19. The number of hydrogen-bond acceptors (Lipinski definition) is 5. The standard InChI is InChI=1S/C13H15NO6S/c15-12(16)7-13(4-5-13)9-21(19,20)8-10-2-1-3-11(6-10)14(17)18/h1-3,6H,4-5,7-9H2,(H,15,16). The maximum atomic E-state index is 12.2. The highest BCUT2D eigenvalue weighted by molar-refractivity contribution is 7.90. The zero-order valence-corrected chi connectivity index (χ0v) is 12.0. The number of sulfone groups is 1. The average Bonchev–Trinajstić information content (AvgIpc) is 3.05. The molecule has 0 atom stereocenters. The second kappa shape index (κ2) is 5.44. The molecule has 114 valence electrons. The van der Waals surface area contributed by atoms with Crippen molar-refractivity contribution in [3.63, 3.8) is 0 Å². The van der Waals surface area contributed by atoms with Crippen LogP contribution in [0.1, 0.15) is 24.8 Å². The Labute approximate surface area is 121 Å². The van der Waals surface area contributed by atoms with Crippen molar-refractivity contribution in [2.45, 2.75) is 25.0 Å². The zero-order valence-electron chi connectivity index (χ0n) is 11.2. The van der Waals surface area contributed by atoms with Crippen LogP contribution in [0.4, 0.5) is 5.69 Å². The van der Waals surface area contributed by atoms with Crippen LogP contribution in [0.25, 0.3) is 0 Å². The van der Waals surface area contributed by atoms with E-state index in [-0.39, 0.29) is 23.6 Å². The minimum absolute atomic E-state index is 0.152. The smallest absolute Gasteiger partial charge is 0.303 e. The first-order valence-electron chi connectivity index (χ1n) is 6.37. The van der Waals surface area contributed by atoms with E-state index in [0.29, 0.717) is 18.4 Å². The van der Waals surface area contributed by atoms with E-state index in [1.54, 1.807) is 0 Å². The normalized spacial score (nSPS) is 16.4. The number of rotatable bonds is 7. The predicted molar refractivity (Wildman–Crippen MR) is 74.5 cm³/mol. The van der Waals surface area contributed by atoms with E-state index >= 15 is 0 Å². The van der Waals surface area contributed by atoms with Gasteiger partial charge in [-0.25, -0.2) is 8.42 Å². The molecule has 1 aliphatic rings. The molecule has 0 amide bonds. The fourth-order valence-corrected chi connectivity index (χ4v) is 4.51.